The average Bonchev–Trinajstić information content (AvgIpc) is 2.76. The number of aryl methyl sites for hydroxylation is 2. The van der Waals surface area contributed by atoms with Crippen LogP contribution >= 0.6 is 0 Å². The third kappa shape index (κ3) is 2.59. The minimum atomic E-state index is 0.624. The molecular weight excluding hydrogens is 194 g/mol. The standard InChI is InChI=1S/C8H13N7/c1-14-5-10-7(12-14)3-9-4-8-11-6-15(2)13-8/h5-6,9H,3-4H2,1-2H3. The molecule has 0 aromatic carbocycles. The Balaban J connectivity index is 1.80. The molecule has 7 heteroatoms. The Morgan fingerprint density at radius 1 is 1.00 bits per heavy atom. The predicted octanol–water partition coefficient (Wildman–Crippen LogP) is -0.767. The van der Waals surface area contributed by atoms with Crippen molar-refractivity contribution in [2.45, 2.75) is 13.1 Å². The van der Waals surface area contributed by atoms with Gasteiger partial charge < -0.3 is 5.32 Å². The Kier molecular flexibility index (Phi) is 2.72. The molecular formula is C8H13N7. The van der Waals surface area contributed by atoms with Gasteiger partial charge in [0, 0.05) is 14.1 Å². The summed E-state index contributed by atoms with van der Waals surface area (Å²) in [4.78, 5) is 8.19. The van der Waals surface area contributed by atoms with E-state index in [0.29, 0.717) is 13.1 Å². The molecule has 0 saturated carbocycles. The second-order valence-corrected chi connectivity index (χ2v) is 3.27. The monoisotopic (exact) mass is 207 g/mol. The van der Waals surface area contributed by atoms with Crippen molar-refractivity contribution < 1.29 is 0 Å². The fourth-order valence-electron chi connectivity index (χ4n) is 1.22. The summed E-state index contributed by atoms with van der Waals surface area (Å²) < 4.78 is 3.35. The van der Waals surface area contributed by atoms with Crippen molar-refractivity contribution in [2.75, 3.05) is 0 Å². The molecule has 0 aliphatic heterocycles. The molecule has 0 atom stereocenters. The Morgan fingerprint density at radius 3 is 1.80 bits per heavy atom. The lowest BCUT2D eigenvalue weighted by atomic mass is 10.5. The molecule has 0 spiro atoms. The van der Waals surface area contributed by atoms with Crippen molar-refractivity contribution in [2.24, 2.45) is 14.1 Å². The Morgan fingerprint density at radius 2 is 1.47 bits per heavy atom. The quantitative estimate of drug-likeness (QED) is 0.713. The fraction of sp³-hybridized carbons (Fsp3) is 0.500. The van der Waals surface area contributed by atoms with Gasteiger partial charge in [-0.15, -0.1) is 0 Å². The lowest BCUT2D eigenvalue weighted by Crippen LogP contribution is -2.15. The summed E-state index contributed by atoms with van der Waals surface area (Å²) in [5, 5.41) is 11.5. The summed E-state index contributed by atoms with van der Waals surface area (Å²) in [7, 11) is 3.69. The largest absolute Gasteiger partial charge is 0.303 e. The first-order valence-corrected chi connectivity index (χ1v) is 4.64. The van der Waals surface area contributed by atoms with E-state index in [1.54, 1.807) is 22.0 Å². The van der Waals surface area contributed by atoms with Crippen LogP contribution in [-0.2, 0) is 27.2 Å². The fourth-order valence-corrected chi connectivity index (χ4v) is 1.22. The Labute approximate surface area is 87.2 Å². The van der Waals surface area contributed by atoms with Gasteiger partial charge in [0.05, 0.1) is 13.1 Å². The third-order valence-electron chi connectivity index (χ3n) is 1.86. The first-order valence-electron chi connectivity index (χ1n) is 4.64. The van der Waals surface area contributed by atoms with Crippen LogP contribution in [0.15, 0.2) is 12.7 Å². The van der Waals surface area contributed by atoms with Gasteiger partial charge in [-0.3, -0.25) is 9.36 Å². The summed E-state index contributed by atoms with van der Waals surface area (Å²) >= 11 is 0. The number of rotatable bonds is 4. The molecule has 0 fully saturated rings. The first-order chi connectivity index (χ1) is 7.24. The van der Waals surface area contributed by atoms with Gasteiger partial charge in [0.25, 0.3) is 0 Å². The summed E-state index contributed by atoms with van der Waals surface area (Å²) in [6, 6.07) is 0. The van der Waals surface area contributed by atoms with E-state index in [0.717, 1.165) is 11.6 Å². The summed E-state index contributed by atoms with van der Waals surface area (Å²) in [5.41, 5.74) is 0. The van der Waals surface area contributed by atoms with Crippen LogP contribution in [0.25, 0.3) is 0 Å². The molecule has 15 heavy (non-hydrogen) atoms. The normalized spacial score (nSPS) is 10.8. The summed E-state index contributed by atoms with van der Waals surface area (Å²) in [5.74, 6) is 1.54. The molecule has 0 radical (unpaired) electrons. The molecule has 0 unspecified atom stereocenters. The van der Waals surface area contributed by atoms with E-state index in [1.807, 2.05) is 14.1 Å². The van der Waals surface area contributed by atoms with E-state index >= 15 is 0 Å². The molecule has 1 N–H and O–H groups in total. The van der Waals surface area contributed by atoms with E-state index in [4.69, 9.17) is 0 Å². The molecule has 2 aromatic rings. The van der Waals surface area contributed by atoms with Gasteiger partial charge in [-0.2, -0.15) is 10.2 Å². The van der Waals surface area contributed by atoms with Crippen molar-refractivity contribution >= 4 is 0 Å². The van der Waals surface area contributed by atoms with Crippen LogP contribution in [0.1, 0.15) is 11.6 Å². The third-order valence-corrected chi connectivity index (χ3v) is 1.86. The molecule has 7 nitrogen and oxygen atoms in total. The average molecular weight is 207 g/mol. The highest BCUT2D eigenvalue weighted by molar-refractivity contribution is 4.84. The maximum absolute atomic E-state index is 4.14. The number of hydrogen-bond acceptors (Lipinski definition) is 5. The predicted molar refractivity (Wildman–Crippen MR) is 52.5 cm³/mol. The summed E-state index contributed by atoms with van der Waals surface area (Å²) in [6.07, 6.45) is 3.35. The molecule has 0 aliphatic carbocycles. The van der Waals surface area contributed by atoms with Crippen LogP contribution in [-0.4, -0.2) is 29.5 Å². The Bertz CT molecular complexity index is 389. The van der Waals surface area contributed by atoms with E-state index < -0.39 is 0 Å². The topological polar surface area (TPSA) is 73.5 Å². The highest BCUT2D eigenvalue weighted by atomic mass is 15.3. The minimum absolute atomic E-state index is 0.624. The van der Waals surface area contributed by atoms with Crippen molar-refractivity contribution in [3.8, 4) is 0 Å². The first kappa shape index (κ1) is 9.78. The van der Waals surface area contributed by atoms with Gasteiger partial charge in [-0.25, -0.2) is 9.97 Å². The van der Waals surface area contributed by atoms with Crippen LogP contribution in [0.5, 0.6) is 0 Å². The lowest BCUT2D eigenvalue weighted by molar-refractivity contribution is 0.622. The van der Waals surface area contributed by atoms with E-state index in [2.05, 4.69) is 25.5 Å². The van der Waals surface area contributed by atoms with Crippen LogP contribution in [0.4, 0.5) is 0 Å². The van der Waals surface area contributed by atoms with Gasteiger partial charge in [0.1, 0.15) is 12.7 Å². The highest BCUT2D eigenvalue weighted by Gasteiger charge is 2.00. The lowest BCUT2D eigenvalue weighted by Gasteiger charge is -1.96. The van der Waals surface area contributed by atoms with Crippen molar-refractivity contribution in [3.63, 3.8) is 0 Å². The minimum Gasteiger partial charge on any atom is -0.303 e. The van der Waals surface area contributed by atoms with Crippen LogP contribution in [0.2, 0.25) is 0 Å². The number of nitrogens with one attached hydrogen (secondary N) is 1. The molecule has 2 aromatic heterocycles. The van der Waals surface area contributed by atoms with E-state index in [9.17, 15) is 0 Å². The zero-order chi connectivity index (χ0) is 10.7. The summed E-state index contributed by atoms with van der Waals surface area (Å²) in [6.45, 7) is 1.25. The maximum Gasteiger partial charge on any atom is 0.164 e. The number of hydrogen-bond donors (Lipinski definition) is 1. The second kappa shape index (κ2) is 4.18. The van der Waals surface area contributed by atoms with Crippen molar-refractivity contribution in [3.05, 3.63) is 24.3 Å². The number of aromatic nitrogens is 6. The molecule has 2 rings (SSSR count). The van der Waals surface area contributed by atoms with Gasteiger partial charge in [0.15, 0.2) is 11.6 Å². The van der Waals surface area contributed by atoms with Crippen molar-refractivity contribution in [1.29, 1.82) is 0 Å². The van der Waals surface area contributed by atoms with Crippen LogP contribution in [0, 0.1) is 0 Å². The number of nitrogens with zero attached hydrogens (tertiary/aromatic N) is 6. The molecule has 0 amide bonds. The van der Waals surface area contributed by atoms with Gasteiger partial charge in [-0.1, -0.05) is 0 Å². The molecule has 2 heterocycles. The molecule has 80 valence electrons. The maximum atomic E-state index is 4.14. The van der Waals surface area contributed by atoms with Crippen molar-refractivity contribution in [1.82, 2.24) is 34.8 Å². The smallest absolute Gasteiger partial charge is 0.164 e. The zero-order valence-electron chi connectivity index (χ0n) is 8.75. The van der Waals surface area contributed by atoms with E-state index in [-0.39, 0.29) is 0 Å². The zero-order valence-corrected chi connectivity index (χ0v) is 8.75. The second-order valence-electron chi connectivity index (χ2n) is 3.27. The Hall–Kier alpha value is -1.76. The molecule has 0 saturated heterocycles. The van der Waals surface area contributed by atoms with Crippen LogP contribution in [0.3, 0.4) is 0 Å². The van der Waals surface area contributed by atoms with Gasteiger partial charge in [-0.05, 0) is 0 Å². The van der Waals surface area contributed by atoms with Gasteiger partial charge in [0.2, 0.25) is 0 Å². The SMILES string of the molecule is Cn1cnc(CNCc2ncn(C)n2)n1. The van der Waals surface area contributed by atoms with Crippen LogP contribution < -0.4 is 5.32 Å². The van der Waals surface area contributed by atoms with Gasteiger partial charge >= 0.3 is 0 Å². The molecule has 0 aliphatic rings. The molecule has 0 bridgehead atoms. The highest BCUT2D eigenvalue weighted by Crippen LogP contribution is 1.90. The van der Waals surface area contributed by atoms with E-state index in [1.165, 1.54) is 0 Å².